The Labute approximate surface area is 94.7 Å². The first-order chi connectivity index (χ1) is 6.60. The molecule has 0 N–H and O–H groups in total. The summed E-state index contributed by atoms with van der Waals surface area (Å²) in [7, 11) is 0. The number of hydrogen-bond acceptors (Lipinski definition) is 3. The molecule has 1 aromatic rings. The molecule has 0 spiro atoms. The zero-order valence-electron chi connectivity index (χ0n) is 9.01. The summed E-state index contributed by atoms with van der Waals surface area (Å²) in [6.45, 7) is 6.59. The van der Waals surface area contributed by atoms with E-state index in [0.29, 0.717) is 5.88 Å². The Morgan fingerprint density at radius 3 is 2.64 bits per heavy atom. The molecule has 0 aliphatic carbocycles. The standard InChI is InChI=1S/C10H17ClN2S/c1-4-10(2,3)9-13-12-8(14-9)6-5-7-11/h4-7H2,1-3H3. The molecule has 1 rings (SSSR count). The van der Waals surface area contributed by atoms with E-state index in [1.807, 2.05) is 0 Å². The summed E-state index contributed by atoms with van der Waals surface area (Å²) in [5.41, 5.74) is 0.164. The minimum atomic E-state index is 0.164. The lowest BCUT2D eigenvalue weighted by Crippen LogP contribution is -2.14. The maximum absolute atomic E-state index is 5.63. The van der Waals surface area contributed by atoms with Crippen LogP contribution in [-0.2, 0) is 11.8 Å². The Kier molecular flexibility index (Phi) is 4.32. The zero-order chi connectivity index (χ0) is 10.6. The van der Waals surface area contributed by atoms with Gasteiger partial charge in [0.15, 0.2) is 0 Å². The number of aromatic nitrogens is 2. The van der Waals surface area contributed by atoms with Crippen LogP contribution in [0.2, 0.25) is 0 Å². The second kappa shape index (κ2) is 5.08. The fourth-order valence-electron chi connectivity index (χ4n) is 0.997. The lowest BCUT2D eigenvalue weighted by atomic mass is 9.91. The molecule has 0 fully saturated rings. The van der Waals surface area contributed by atoms with Gasteiger partial charge in [-0.1, -0.05) is 20.8 Å². The summed E-state index contributed by atoms with van der Waals surface area (Å²) >= 11 is 7.36. The molecule has 0 aliphatic heterocycles. The summed E-state index contributed by atoms with van der Waals surface area (Å²) < 4.78 is 0. The highest BCUT2D eigenvalue weighted by atomic mass is 35.5. The van der Waals surface area contributed by atoms with Crippen LogP contribution in [0.1, 0.15) is 43.6 Å². The van der Waals surface area contributed by atoms with E-state index in [1.165, 1.54) is 0 Å². The largest absolute Gasteiger partial charge is 0.144 e. The van der Waals surface area contributed by atoms with Crippen LogP contribution in [0.5, 0.6) is 0 Å². The third-order valence-electron chi connectivity index (χ3n) is 2.45. The maximum Gasteiger partial charge on any atom is 0.123 e. The van der Waals surface area contributed by atoms with Gasteiger partial charge in [0, 0.05) is 17.7 Å². The van der Waals surface area contributed by atoms with Crippen LogP contribution >= 0.6 is 22.9 Å². The quantitative estimate of drug-likeness (QED) is 0.728. The van der Waals surface area contributed by atoms with E-state index in [0.717, 1.165) is 29.3 Å². The summed E-state index contributed by atoms with van der Waals surface area (Å²) in [4.78, 5) is 0. The van der Waals surface area contributed by atoms with E-state index in [4.69, 9.17) is 11.6 Å². The smallest absolute Gasteiger partial charge is 0.123 e. The molecule has 80 valence electrons. The Hall–Kier alpha value is -0.150. The molecule has 0 unspecified atom stereocenters. The molecular weight excluding hydrogens is 216 g/mol. The Bertz CT molecular complexity index is 283. The SMILES string of the molecule is CCC(C)(C)c1nnc(CCCCl)s1. The molecule has 0 radical (unpaired) electrons. The highest BCUT2D eigenvalue weighted by Gasteiger charge is 2.22. The lowest BCUT2D eigenvalue weighted by Gasteiger charge is -2.17. The first kappa shape index (κ1) is 11.9. The third kappa shape index (κ3) is 2.92. The molecule has 1 heterocycles. The maximum atomic E-state index is 5.63. The van der Waals surface area contributed by atoms with Gasteiger partial charge in [0.1, 0.15) is 10.0 Å². The minimum Gasteiger partial charge on any atom is -0.144 e. The number of aryl methyl sites for hydroxylation is 1. The van der Waals surface area contributed by atoms with Crippen molar-refractivity contribution in [2.24, 2.45) is 0 Å². The summed E-state index contributed by atoms with van der Waals surface area (Å²) in [5.74, 6) is 0.700. The molecule has 0 aliphatic rings. The van der Waals surface area contributed by atoms with Gasteiger partial charge in [-0.3, -0.25) is 0 Å². The van der Waals surface area contributed by atoms with Gasteiger partial charge in [-0.05, 0) is 12.8 Å². The second-order valence-corrected chi connectivity index (χ2v) is 5.47. The van der Waals surface area contributed by atoms with Crippen LogP contribution in [0.25, 0.3) is 0 Å². The first-order valence-electron chi connectivity index (χ1n) is 4.99. The van der Waals surface area contributed by atoms with Gasteiger partial charge < -0.3 is 0 Å². The van der Waals surface area contributed by atoms with E-state index in [1.54, 1.807) is 11.3 Å². The Balaban J connectivity index is 2.67. The van der Waals surface area contributed by atoms with E-state index in [9.17, 15) is 0 Å². The highest BCUT2D eigenvalue weighted by Crippen LogP contribution is 2.29. The molecular formula is C10H17ClN2S. The van der Waals surface area contributed by atoms with Gasteiger partial charge in [0.25, 0.3) is 0 Å². The summed E-state index contributed by atoms with van der Waals surface area (Å²) in [6.07, 6.45) is 3.04. The molecule has 0 atom stereocenters. The summed E-state index contributed by atoms with van der Waals surface area (Å²) in [5, 5.41) is 10.7. The molecule has 2 nitrogen and oxygen atoms in total. The highest BCUT2D eigenvalue weighted by molar-refractivity contribution is 7.11. The molecule has 0 amide bonds. The Morgan fingerprint density at radius 1 is 1.36 bits per heavy atom. The zero-order valence-corrected chi connectivity index (χ0v) is 10.6. The fraction of sp³-hybridized carbons (Fsp3) is 0.800. The van der Waals surface area contributed by atoms with Gasteiger partial charge in [-0.15, -0.1) is 33.1 Å². The van der Waals surface area contributed by atoms with Gasteiger partial charge >= 0.3 is 0 Å². The van der Waals surface area contributed by atoms with E-state index in [-0.39, 0.29) is 5.41 Å². The summed E-state index contributed by atoms with van der Waals surface area (Å²) in [6, 6.07) is 0. The van der Waals surface area contributed by atoms with Gasteiger partial charge in [0.05, 0.1) is 0 Å². The van der Waals surface area contributed by atoms with Gasteiger partial charge in [-0.2, -0.15) is 0 Å². The monoisotopic (exact) mass is 232 g/mol. The average Bonchev–Trinajstić information content (AvgIpc) is 2.63. The van der Waals surface area contributed by atoms with Crippen molar-refractivity contribution in [3.05, 3.63) is 10.0 Å². The first-order valence-corrected chi connectivity index (χ1v) is 6.34. The van der Waals surface area contributed by atoms with Crippen LogP contribution in [0.15, 0.2) is 0 Å². The Morgan fingerprint density at radius 2 is 2.07 bits per heavy atom. The molecule has 0 saturated carbocycles. The van der Waals surface area contributed by atoms with Crippen molar-refractivity contribution in [3.63, 3.8) is 0 Å². The average molecular weight is 233 g/mol. The molecule has 4 heteroatoms. The molecule has 14 heavy (non-hydrogen) atoms. The number of halogens is 1. The number of rotatable bonds is 5. The lowest BCUT2D eigenvalue weighted by molar-refractivity contribution is 0.498. The van der Waals surface area contributed by atoms with Crippen LogP contribution in [0.3, 0.4) is 0 Å². The van der Waals surface area contributed by atoms with Crippen molar-refractivity contribution >= 4 is 22.9 Å². The third-order valence-corrected chi connectivity index (χ3v) is 4.07. The second-order valence-electron chi connectivity index (χ2n) is 4.03. The topological polar surface area (TPSA) is 25.8 Å². The minimum absolute atomic E-state index is 0.164. The van der Waals surface area contributed by atoms with Crippen molar-refractivity contribution < 1.29 is 0 Å². The predicted octanol–water partition coefficient (Wildman–Crippen LogP) is 3.40. The van der Waals surface area contributed by atoms with E-state index >= 15 is 0 Å². The molecule has 0 aromatic carbocycles. The van der Waals surface area contributed by atoms with Crippen molar-refractivity contribution in [1.29, 1.82) is 0 Å². The van der Waals surface area contributed by atoms with Crippen molar-refractivity contribution in [2.75, 3.05) is 5.88 Å². The molecule has 1 aromatic heterocycles. The van der Waals surface area contributed by atoms with Gasteiger partial charge in [0.2, 0.25) is 0 Å². The molecule has 0 saturated heterocycles. The number of nitrogens with zero attached hydrogens (tertiary/aromatic N) is 2. The normalized spacial score (nSPS) is 12.0. The number of hydrogen-bond donors (Lipinski definition) is 0. The molecule has 0 bridgehead atoms. The van der Waals surface area contributed by atoms with E-state index < -0.39 is 0 Å². The van der Waals surface area contributed by atoms with E-state index in [2.05, 4.69) is 31.0 Å². The van der Waals surface area contributed by atoms with Gasteiger partial charge in [-0.25, -0.2) is 0 Å². The fourth-order valence-corrected chi connectivity index (χ4v) is 2.18. The van der Waals surface area contributed by atoms with Crippen LogP contribution in [0.4, 0.5) is 0 Å². The number of alkyl halides is 1. The van der Waals surface area contributed by atoms with Crippen LogP contribution in [-0.4, -0.2) is 16.1 Å². The van der Waals surface area contributed by atoms with Crippen molar-refractivity contribution in [2.45, 2.75) is 45.4 Å². The predicted molar refractivity (Wildman–Crippen MR) is 62.3 cm³/mol. The van der Waals surface area contributed by atoms with Crippen molar-refractivity contribution in [1.82, 2.24) is 10.2 Å². The van der Waals surface area contributed by atoms with Crippen LogP contribution in [0, 0.1) is 0 Å². The van der Waals surface area contributed by atoms with Crippen LogP contribution < -0.4 is 0 Å². The van der Waals surface area contributed by atoms with Crippen molar-refractivity contribution in [3.8, 4) is 0 Å².